The van der Waals surface area contributed by atoms with Crippen molar-refractivity contribution in [3.05, 3.63) is 24.0 Å². The molecule has 3 nitrogen and oxygen atoms in total. The number of carbonyl (C=O) groups is 1. The Morgan fingerprint density at radius 2 is 2.42 bits per heavy atom. The van der Waals surface area contributed by atoms with Crippen LogP contribution < -0.4 is 0 Å². The van der Waals surface area contributed by atoms with Crippen LogP contribution in [0.25, 0.3) is 0 Å². The van der Waals surface area contributed by atoms with Gasteiger partial charge in [-0.15, -0.1) is 0 Å². The van der Waals surface area contributed by atoms with Gasteiger partial charge in [0, 0.05) is 11.9 Å². The highest BCUT2D eigenvalue weighted by atomic mass is 16.5. The molecule has 66 valence electrons. The first kappa shape index (κ1) is 8.84. The van der Waals surface area contributed by atoms with Crippen LogP contribution in [0.5, 0.6) is 0 Å². The van der Waals surface area contributed by atoms with E-state index in [1.807, 2.05) is 26.0 Å². The molecule has 1 aromatic heterocycles. The summed E-state index contributed by atoms with van der Waals surface area (Å²) in [6.45, 7) is 3.68. The second kappa shape index (κ2) is 3.95. The summed E-state index contributed by atoms with van der Waals surface area (Å²) in [4.78, 5) is 14.0. The Morgan fingerprint density at radius 3 is 2.92 bits per heavy atom. The summed E-state index contributed by atoms with van der Waals surface area (Å²) in [5.74, 6) is -0.188. The van der Waals surface area contributed by atoms with E-state index in [2.05, 4.69) is 4.98 Å². The zero-order valence-electron chi connectivity index (χ0n) is 7.33. The van der Waals surface area contributed by atoms with Crippen LogP contribution in [0.2, 0.25) is 0 Å². The lowest BCUT2D eigenvalue weighted by molar-refractivity contribution is -0.146. The molecule has 1 N–H and O–H groups in total. The lowest BCUT2D eigenvalue weighted by Crippen LogP contribution is -2.13. The zero-order valence-corrected chi connectivity index (χ0v) is 7.33. The monoisotopic (exact) mass is 167 g/mol. The van der Waals surface area contributed by atoms with E-state index in [0.29, 0.717) is 6.42 Å². The highest BCUT2D eigenvalue weighted by Gasteiger charge is 2.06. The highest BCUT2D eigenvalue weighted by Crippen LogP contribution is 1.99. The largest absolute Gasteiger partial charge is 0.463 e. The third kappa shape index (κ3) is 2.78. The summed E-state index contributed by atoms with van der Waals surface area (Å²) in [6, 6.07) is 3.72. The van der Waals surface area contributed by atoms with E-state index in [1.165, 1.54) is 0 Å². The number of ether oxygens (including phenoxy) is 1. The van der Waals surface area contributed by atoms with E-state index in [0.717, 1.165) is 5.69 Å². The molecular weight excluding hydrogens is 154 g/mol. The fourth-order valence-electron chi connectivity index (χ4n) is 0.938. The maximum Gasteiger partial charge on any atom is 0.312 e. The quantitative estimate of drug-likeness (QED) is 0.693. The van der Waals surface area contributed by atoms with Gasteiger partial charge in [0.1, 0.15) is 0 Å². The molecule has 0 atom stereocenters. The molecule has 0 saturated heterocycles. The van der Waals surface area contributed by atoms with Crippen molar-refractivity contribution in [1.29, 1.82) is 0 Å². The highest BCUT2D eigenvalue weighted by molar-refractivity contribution is 5.72. The van der Waals surface area contributed by atoms with E-state index in [9.17, 15) is 4.79 Å². The minimum absolute atomic E-state index is 0.0348. The Kier molecular flexibility index (Phi) is 2.91. The molecule has 0 aliphatic rings. The number of aromatic nitrogens is 1. The normalized spacial score (nSPS) is 10.2. The number of carbonyl (C=O) groups excluding carboxylic acids is 1. The molecule has 0 fully saturated rings. The molecule has 0 aromatic carbocycles. The summed E-state index contributed by atoms with van der Waals surface area (Å²) in [5, 5.41) is 0. The number of rotatable bonds is 3. The standard InChI is InChI=1S/C9H13NO2/c1-7(2)12-9(11)6-8-4-3-5-10-8/h3-5,7,10H,6H2,1-2H3. The van der Waals surface area contributed by atoms with E-state index < -0.39 is 0 Å². The number of hydrogen-bond acceptors (Lipinski definition) is 2. The number of hydrogen-bond donors (Lipinski definition) is 1. The van der Waals surface area contributed by atoms with Gasteiger partial charge in [0.2, 0.25) is 0 Å². The number of esters is 1. The predicted molar refractivity (Wildman–Crippen MR) is 45.7 cm³/mol. The maximum absolute atomic E-state index is 11.1. The summed E-state index contributed by atoms with van der Waals surface area (Å²) in [6.07, 6.45) is 2.08. The molecule has 1 rings (SSSR count). The van der Waals surface area contributed by atoms with Crippen molar-refractivity contribution >= 4 is 5.97 Å². The predicted octanol–water partition coefficient (Wildman–Crippen LogP) is 1.51. The van der Waals surface area contributed by atoms with Crippen LogP contribution in [0, 0.1) is 0 Å². The third-order valence-corrected chi connectivity index (χ3v) is 1.36. The molecule has 0 unspecified atom stereocenters. The van der Waals surface area contributed by atoms with Gasteiger partial charge >= 0.3 is 5.97 Å². The van der Waals surface area contributed by atoms with E-state index in [-0.39, 0.29) is 12.1 Å². The zero-order chi connectivity index (χ0) is 8.97. The third-order valence-electron chi connectivity index (χ3n) is 1.36. The van der Waals surface area contributed by atoms with Gasteiger partial charge in [-0.2, -0.15) is 0 Å². The maximum atomic E-state index is 11.1. The van der Waals surface area contributed by atoms with Crippen molar-refractivity contribution < 1.29 is 9.53 Å². The Hall–Kier alpha value is -1.25. The van der Waals surface area contributed by atoms with E-state index in [1.54, 1.807) is 6.20 Å². The molecule has 1 heterocycles. The van der Waals surface area contributed by atoms with Crippen molar-refractivity contribution in [2.24, 2.45) is 0 Å². The van der Waals surface area contributed by atoms with Crippen LogP contribution in [0.4, 0.5) is 0 Å². The van der Waals surface area contributed by atoms with Gasteiger partial charge in [-0.1, -0.05) is 0 Å². The first-order valence-corrected chi connectivity index (χ1v) is 4.00. The Morgan fingerprint density at radius 1 is 1.67 bits per heavy atom. The second-order valence-corrected chi connectivity index (χ2v) is 2.91. The average molecular weight is 167 g/mol. The summed E-state index contributed by atoms with van der Waals surface area (Å²) >= 11 is 0. The van der Waals surface area contributed by atoms with Crippen LogP contribution in [0.15, 0.2) is 18.3 Å². The van der Waals surface area contributed by atoms with Crippen molar-refractivity contribution in [2.45, 2.75) is 26.4 Å². The first-order valence-electron chi connectivity index (χ1n) is 4.00. The van der Waals surface area contributed by atoms with Crippen molar-refractivity contribution in [2.75, 3.05) is 0 Å². The van der Waals surface area contributed by atoms with Crippen LogP contribution >= 0.6 is 0 Å². The summed E-state index contributed by atoms with van der Waals surface area (Å²) in [5.41, 5.74) is 0.889. The fourth-order valence-corrected chi connectivity index (χ4v) is 0.938. The van der Waals surface area contributed by atoms with Gasteiger partial charge in [0.25, 0.3) is 0 Å². The van der Waals surface area contributed by atoms with E-state index >= 15 is 0 Å². The molecule has 0 bridgehead atoms. The Bertz CT molecular complexity index is 239. The van der Waals surface area contributed by atoms with Gasteiger partial charge in [0.15, 0.2) is 0 Å². The molecule has 3 heteroatoms. The topological polar surface area (TPSA) is 42.1 Å². The van der Waals surface area contributed by atoms with E-state index in [4.69, 9.17) is 4.74 Å². The second-order valence-electron chi connectivity index (χ2n) is 2.91. The van der Waals surface area contributed by atoms with Crippen LogP contribution in [-0.4, -0.2) is 17.1 Å². The minimum Gasteiger partial charge on any atom is -0.463 e. The molecule has 0 aliphatic heterocycles. The Balaban J connectivity index is 2.37. The molecule has 0 spiro atoms. The molecule has 0 amide bonds. The van der Waals surface area contributed by atoms with Gasteiger partial charge in [0.05, 0.1) is 12.5 Å². The molecule has 12 heavy (non-hydrogen) atoms. The molecule has 0 radical (unpaired) electrons. The number of H-pyrrole nitrogens is 1. The van der Waals surface area contributed by atoms with Crippen molar-refractivity contribution in [3.63, 3.8) is 0 Å². The lowest BCUT2D eigenvalue weighted by Gasteiger charge is -2.06. The van der Waals surface area contributed by atoms with Crippen LogP contribution in [-0.2, 0) is 16.0 Å². The fraction of sp³-hybridized carbons (Fsp3) is 0.444. The molecular formula is C9H13NO2. The van der Waals surface area contributed by atoms with Crippen LogP contribution in [0.1, 0.15) is 19.5 Å². The van der Waals surface area contributed by atoms with Gasteiger partial charge in [-0.05, 0) is 26.0 Å². The summed E-state index contributed by atoms with van der Waals surface area (Å²) in [7, 11) is 0. The average Bonchev–Trinajstić information content (AvgIpc) is 2.37. The van der Waals surface area contributed by atoms with Crippen LogP contribution in [0.3, 0.4) is 0 Å². The number of aromatic amines is 1. The lowest BCUT2D eigenvalue weighted by atomic mass is 10.3. The molecule has 1 aromatic rings. The first-order chi connectivity index (χ1) is 5.68. The molecule has 0 saturated carbocycles. The van der Waals surface area contributed by atoms with Gasteiger partial charge in [-0.3, -0.25) is 4.79 Å². The van der Waals surface area contributed by atoms with Crippen molar-refractivity contribution in [3.8, 4) is 0 Å². The smallest absolute Gasteiger partial charge is 0.312 e. The SMILES string of the molecule is CC(C)OC(=O)Cc1ccc[nH]1. The van der Waals surface area contributed by atoms with Crippen molar-refractivity contribution in [1.82, 2.24) is 4.98 Å². The number of nitrogens with one attached hydrogen (secondary N) is 1. The van der Waals surface area contributed by atoms with Gasteiger partial charge in [-0.25, -0.2) is 0 Å². The Labute approximate surface area is 71.7 Å². The molecule has 0 aliphatic carbocycles. The summed E-state index contributed by atoms with van der Waals surface area (Å²) < 4.78 is 4.96. The minimum atomic E-state index is -0.188. The van der Waals surface area contributed by atoms with Gasteiger partial charge < -0.3 is 9.72 Å².